The van der Waals surface area contributed by atoms with Crippen molar-refractivity contribution in [2.24, 2.45) is 0 Å². The Balaban J connectivity index is 1.61. The standard InChI is InChI=1S/C16H21NO4/c1-2-17(16(18)15-8-5-9-19-15)10-12-11-20-13-6-3-4-7-14(13)21-12/h3-4,6-7,12,15H,2,5,8-11H2,1H3/t12-,15+/m0/s1. The number of para-hydroxylation sites is 2. The number of hydrogen-bond donors (Lipinski definition) is 0. The number of hydrogen-bond acceptors (Lipinski definition) is 4. The quantitative estimate of drug-likeness (QED) is 0.849. The maximum atomic E-state index is 12.4. The van der Waals surface area contributed by atoms with Crippen LogP contribution in [0.3, 0.4) is 0 Å². The van der Waals surface area contributed by atoms with Crippen LogP contribution in [0.1, 0.15) is 19.8 Å². The molecule has 2 atom stereocenters. The molecule has 0 saturated carbocycles. The van der Waals surface area contributed by atoms with E-state index in [4.69, 9.17) is 14.2 Å². The Morgan fingerprint density at radius 3 is 2.86 bits per heavy atom. The molecule has 0 aliphatic carbocycles. The highest BCUT2D eigenvalue weighted by molar-refractivity contribution is 5.81. The first-order valence-corrected chi connectivity index (χ1v) is 7.57. The van der Waals surface area contributed by atoms with Crippen LogP contribution in [0.25, 0.3) is 0 Å². The predicted molar refractivity (Wildman–Crippen MR) is 77.6 cm³/mol. The van der Waals surface area contributed by atoms with E-state index < -0.39 is 0 Å². The van der Waals surface area contributed by atoms with Crippen LogP contribution >= 0.6 is 0 Å². The average Bonchev–Trinajstić information content (AvgIpc) is 3.06. The predicted octanol–water partition coefficient (Wildman–Crippen LogP) is 1.85. The Hall–Kier alpha value is -1.75. The molecular formula is C16H21NO4. The van der Waals surface area contributed by atoms with Gasteiger partial charge in [-0.05, 0) is 31.9 Å². The lowest BCUT2D eigenvalue weighted by Crippen LogP contribution is -2.46. The van der Waals surface area contributed by atoms with Gasteiger partial charge >= 0.3 is 0 Å². The van der Waals surface area contributed by atoms with Crippen molar-refractivity contribution in [1.29, 1.82) is 0 Å². The van der Waals surface area contributed by atoms with Gasteiger partial charge in [0.05, 0.1) is 6.54 Å². The van der Waals surface area contributed by atoms with Crippen LogP contribution in [0.15, 0.2) is 24.3 Å². The van der Waals surface area contributed by atoms with Crippen molar-refractivity contribution in [3.63, 3.8) is 0 Å². The van der Waals surface area contributed by atoms with Gasteiger partial charge in [-0.2, -0.15) is 0 Å². The van der Waals surface area contributed by atoms with Crippen LogP contribution in [0, 0.1) is 0 Å². The summed E-state index contributed by atoms with van der Waals surface area (Å²) < 4.78 is 17.1. The van der Waals surface area contributed by atoms with Gasteiger partial charge in [0.15, 0.2) is 17.6 Å². The first-order valence-electron chi connectivity index (χ1n) is 7.57. The number of fused-ring (bicyclic) bond motifs is 1. The summed E-state index contributed by atoms with van der Waals surface area (Å²) >= 11 is 0. The van der Waals surface area contributed by atoms with E-state index >= 15 is 0 Å². The molecule has 2 aliphatic rings. The van der Waals surface area contributed by atoms with Crippen LogP contribution in [-0.4, -0.2) is 49.3 Å². The highest BCUT2D eigenvalue weighted by Crippen LogP contribution is 2.31. The van der Waals surface area contributed by atoms with Crippen LogP contribution < -0.4 is 9.47 Å². The number of rotatable bonds is 4. The van der Waals surface area contributed by atoms with Gasteiger partial charge in [0.25, 0.3) is 5.91 Å². The maximum absolute atomic E-state index is 12.4. The molecule has 1 saturated heterocycles. The molecule has 0 aromatic heterocycles. The van der Waals surface area contributed by atoms with E-state index in [0.29, 0.717) is 26.3 Å². The van der Waals surface area contributed by atoms with E-state index in [2.05, 4.69) is 0 Å². The molecule has 114 valence electrons. The Bertz CT molecular complexity index is 499. The van der Waals surface area contributed by atoms with Crippen molar-refractivity contribution in [3.05, 3.63) is 24.3 Å². The lowest BCUT2D eigenvalue weighted by molar-refractivity contribution is -0.142. The molecule has 1 amide bonds. The largest absolute Gasteiger partial charge is 0.486 e. The molecule has 1 fully saturated rings. The lowest BCUT2D eigenvalue weighted by Gasteiger charge is -2.31. The SMILES string of the molecule is CCN(C[C@H]1COc2ccccc2O1)C(=O)[C@H]1CCCO1. The zero-order valence-corrected chi connectivity index (χ0v) is 12.3. The second-order valence-electron chi connectivity index (χ2n) is 5.38. The van der Waals surface area contributed by atoms with Crippen molar-refractivity contribution < 1.29 is 19.0 Å². The Morgan fingerprint density at radius 1 is 1.33 bits per heavy atom. The molecule has 0 bridgehead atoms. The summed E-state index contributed by atoms with van der Waals surface area (Å²) in [5.41, 5.74) is 0. The van der Waals surface area contributed by atoms with Crippen molar-refractivity contribution >= 4 is 5.91 Å². The van der Waals surface area contributed by atoms with Crippen LogP contribution in [-0.2, 0) is 9.53 Å². The van der Waals surface area contributed by atoms with Crippen molar-refractivity contribution in [2.75, 3.05) is 26.3 Å². The zero-order chi connectivity index (χ0) is 14.7. The van der Waals surface area contributed by atoms with Crippen LogP contribution in [0.4, 0.5) is 0 Å². The molecule has 0 spiro atoms. The maximum Gasteiger partial charge on any atom is 0.251 e. The molecule has 1 aromatic carbocycles. The van der Waals surface area contributed by atoms with Gasteiger partial charge in [-0.15, -0.1) is 0 Å². The second kappa shape index (κ2) is 6.35. The Morgan fingerprint density at radius 2 is 2.14 bits per heavy atom. The number of amides is 1. The van der Waals surface area contributed by atoms with E-state index in [1.807, 2.05) is 31.2 Å². The summed E-state index contributed by atoms with van der Waals surface area (Å²) in [6.45, 7) is 4.31. The smallest absolute Gasteiger partial charge is 0.251 e. The van der Waals surface area contributed by atoms with Gasteiger partial charge in [-0.3, -0.25) is 4.79 Å². The molecule has 2 aliphatic heterocycles. The molecule has 0 N–H and O–H groups in total. The minimum Gasteiger partial charge on any atom is -0.486 e. The molecule has 0 radical (unpaired) electrons. The molecule has 21 heavy (non-hydrogen) atoms. The Kier molecular flexibility index (Phi) is 4.29. The third-order valence-electron chi connectivity index (χ3n) is 3.89. The number of likely N-dealkylation sites (N-methyl/N-ethyl adjacent to an activating group) is 1. The summed E-state index contributed by atoms with van der Waals surface area (Å²) in [6, 6.07) is 7.61. The van der Waals surface area contributed by atoms with Gasteiger partial charge in [-0.25, -0.2) is 0 Å². The number of carbonyl (C=O) groups excluding carboxylic acids is 1. The third kappa shape index (κ3) is 3.13. The number of benzene rings is 1. The summed E-state index contributed by atoms with van der Waals surface area (Å²) in [5.74, 6) is 1.58. The lowest BCUT2D eigenvalue weighted by atomic mass is 10.2. The second-order valence-corrected chi connectivity index (χ2v) is 5.38. The average molecular weight is 291 g/mol. The fourth-order valence-corrected chi connectivity index (χ4v) is 2.75. The fraction of sp³-hybridized carbons (Fsp3) is 0.562. The summed E-state index contributed by atoms with van der Waals surface area (Å²) in [5, 5.41) is 0. The van der Waals surface area contributed by atoms with Crippen molar-refractivity contribution in [3.8, 4) is 11.5 Å². The van der Waals surface area contributed by atoms with E-state index in [1.54, 1.807) is 4.90 Å². The van der Waals surface area contributed by atoms with Crippen molar-refractivity contribution in [1.82, 2.24) is 4.90 Å². The third-order valence-corrected chi connectivity index (χ3v) is 3.89. The molecule has 2 heterocycles. The van der Waals surface area contributed by atoms with Gasteiger partial charge in [0, 0.05) is 13.2 Å². The van der Waals surface area contributed by atoms with Gasteiger partial charge < -0.3 is 19.1 Å². The van der Waals surface area contributed by atoms with Gasteiger partial charge in [0.1, 0.15) is 12.7 Å². The molecule has 0 unspecified atom stereocenters. The highest BCUT2D eigenvalue weighted by atomic mass is 16.6. The molecule has 5 nitrogen and oxygen atoms in total. The summed E-state index contributed by atoms with van der Waals surface area (Å²) in [7, 11) is 0. The topological polar surface area (TPSA) is 48.0 Å². The van der Waals surface area contributed by atoms with Crippen LogP contribution in [0.5, 0.6) is 11.5 Å². The monoisotopic (exact) mass is 291 g/mol. The molecular weight excluding hydrogens is 270 g/mol. The van der Waals surface area contributed by atoms with E-state index in [-0.39, 0.29) is 18.1 Å². The van der Waals surface area contributed by atoms with Gasteiger partial charge in [0.2, 0.25) is 0 Å². The highest BCUT2D eigenvalue weighted by Gasteiger charge is 2.30. The van der Waals surface area contributed by atoms with Crippen molar-refractivity contribution in [2.45, 2.75) is 32.0 Å². The zero-order valence-electron chi connectivity index (χ0n) is 12.3. The Labute approximate surface area is 124 Å². The first-order chi connectivity index (χ1) is 10.3. The summed E-state index contributed by atoms with van der Waals surface area (Å²) in [4.78, 5) is 14.2. The number of carbonyl (C=O) groups is 1. The molecule has 1 aromatic rings. The number of nitrogens with zero attached hydrogens (tertiary/aromatic N) is 1. The molecule has 3 rings (SSSR count). The minimum absolute atomic E-state index is 0.0671. The van der Waals surface area contributed by atoms with E-state index in [9.17, 15) is 4.79 Å². The number of ether oxygens (including phenoxy) is 3. The minimum atomic E-state index is -0.276. The first kappa shape index (κ1) is 14.2. The fourth-order valence-electron chi connectivity index (χ4n) is 2.75. The normalized spacial score (nSPS) is 23.9. The van der Waals surface area contributed by atoms with Crippen LogP contribution in [0.2, 0.25) is 0 Å². The van der Waals surface area contributed by atoms with E-state index in [0.717, 1.165) is 24.3 Å². The summed E-state index contributed by atoms with van der Waals surface area (Å²) in [6.07, 6.45) is 1.37. The molecule has 5 heteroatoms. The van der Waals surface area contributed by atoms with Gasteiger partial charge in [-0.1, -0.05) is 12.1 Å². The van der Waals surface area contributed by atoms with E-state index in [1.165, 1.54) is 0 Å².